The summed E-state index contributed by atoms with van der Waals surface area (Å²) in [7, 11) is 0. The summed E-state index contributed by atoms with van der Waals surface area (Å²) in [5.74, 6) is 0.827. The second-order valence-corrected chi connectivity index (χ2v) is 3.81. The van der Waals surface area contributed by atoms with Crippen LogP contribution >= 0.6 is 24.6 Å². The number of thiol groups is 1. The van der Waals surface area contributed by atoms with Gasteiger partial charge in [-0.2, -0.15) is 5.10 Å². The van der Waals surface area contributed by atoms with E-state index in [1.165, 1.54) is 5.56 Å². The van der Waals surface area contributed by atoms with Crippen LogP contribution in [-0.4, -0.2) is 15.3 Å². The number of hydrogen-bond donors (Lipinski definition) is 1. The van der Waals surface area contributed by atoms with Crippen LogP contribution in [0.2, 0.25) is 0 Å². The van der Waals surface area contributed by atoms with Crippen LogP contribution in [0.3, 0.4) is 0 Å². The molecule has 4 heteroatoms. The lowest BCUT2D eigenvalue weighted by Crippen LogP contribution is -1.94. The molecule has 0 aromatic heterocycles. The number of nitrogens with zero attached hydrogens (tertiary/aromatic N) is 2. The van der Waals surface area contributed by atoms with Crippen molar-refractivity contribution in [3.63, 3.8) is 0 Å². The highest BCUT2D eigenvalue weighted by Crippen LogP contribution is 2.23. The average Bonchev–Trinajstić information content (AvgIpc) is 2.54. The van der Waals surface area contributed by atoms with E-state index in [2.05, 4.69) is 30.0 Å². The molecule has 0 saturated heterocycles. The first-order valence-electron chi connectivity index (χ1n) is 3.59. The largest absolute Gasteiger partial charge is 0.231 e. The van der Waals surface area contributed by atoms with E-state index in [9.17, 15) is 0 Å². The molecule has 0 bridgehead atoms. The first kappa shape index (κ1) is 8.01. The third-order valence-corrected chi connectivity index (χ3v) is 2.93. The predicted molar refractivity (Wildman–Crippen MR) is 56.3 cm³/mol. The zero-order chi connectivity index (χ0) is 8.39. The first-order valence-corrected chi connectivity index (χ1v) is 4.98. The third kappa shape index (κ3) is 1.59. The fraction of sp³-hybridized carbons (Fsp3) is 0.125. The van der Waals surface area contributed by atoms with Crippen molar-refractivity contribution in [1.82, 2.24) is 4.41 Å². The summed E-state index contributed by atoms with van der Waals surface area (Å²) in [6.07, 6.45) is 0. The van der Waals surface area contributed by atoms with Crippen LogP contribution in [0, 0.1) is 0 Å². The lowest BCUT2D eigenvalue weighted by molar-refractivity contribution is 0.615. The van der Waals surface area contributed by atoms with Gasteiger partial charge < -0.3 is 0 Å². The van der Waals surface area contributed by atoms with E-state index in [0.29, 0.717) is 0 Å². The first-order chi connectivity index (χ1) is 5.86. The van der Waals surface area contributed by atoms with Crippen LogP contribution in [0.15, 0.2) is 35.4 Å². The summed E-state index contributed by atoms with van der Waals surface area (Å²) in [6, 6.07) is 10.1. The standard InChI is InChI=1S/C8H8N2S2/c11-10-6-12-8(9-10)7-4-2-1-3-5-7/h1-5,11H,6H2. The maximum atomic E-state index is 4.24. The fourth-order valence-corrected chi connectivity index (χ4v) is 2.08. The molecule has 0 amide bonds. The third-order valence-electron chi connectivity index (χ3n) is 1.54. The van der Waals surface area contributed by atoms with E-state index >= 15 is 0 Å². The molecule has 0 aliphatic carbocycles. The van der Waals surface area contributed by atoms with Crippen molar-refractivity contribution in [2.45, 2.75) is 0 Å². The summed E-state index contributed by atoms with van der Waals surface area (Å²) in [4.78, 5) is 0. The van der Waals surface area contributed by atoms with E-state index in [0.717, 1.165) is 10.9 Å². The smallest absolute Gasteiger partial charge is 0.126 e. The summed E-state index contributed by atoms with van der Waals surface area (Å²) in [6.45, 7) is 0. The Bertz CT molecular complexity index is 297. The van der Waals surface area contributed by atoms with Gasteiger partial charge in [0.15, 0.2) is 0 Å². The van der Waals surface area contributed by atoms with Crippen molar-refractivity contribution in [2.75, 3.05) is 5.88 Å². The van der Waals surface area contributed by atoms with Gasteiger partial charge in [-0.25, -0.2) is 4.41 Å². The van der Waals surface area contributed by atoms with E-state index in [4.69, 9.17) is 0 Å². The summed E-state index contributed by atoms with van der Waals surface area (Å²) < 4.78 is 1.65. The Balaban J connectivity index is 2.27. The molecule has 1 aromatic carbocycles. The summed E-state index contributed by atoms with van der Waals surface area (Å²) >= 11 is 5.83. The molecule has 1 aliphatic rings. The molecule has 2 nitrogen and oxygen atoms in total. The Morgan fingerprint density at radius 2 is 2.08 bits per heavy atom. The minimum atomic E-state index is 0.827. The maximum absolute atomic E-state index is 4.24. The predicted octanol–water partition coefficient (Wildman–Crippen LogP) is 2.20. The molecule has 0 fully saturated rings. The maximum Gasteiger partial charge on any atom is 0.126 e. The van der Waals surface area contributed by atoms with Gasteiger partial charge in [0.2, 0.25) is 0 Å². The van der Waals surface area contributed by atoms with Gasteiger partial charge in [-0.15, -0.1) is 0 Å². The van der Waals surface area contributed by atoms with Crippen molar-refractivity contribution in [2.24, 2.45) is 5.10 Å². The van der Waals surface area contributed by atoms with E-state index in [-0.39, 0.29) is 0 Å². The van der Waals surface area contributed by atoms with Gasteiger partial charge >= 0.3 is 0 Å². The Morgan fingerprint density at radius 3 is 2.67 bits per heavy atom. The topological polar surface area (TPSA) is 15.6 Å². The van der Waals surface area contributed by atoms with Crippen LogP contribution in [0.1, 0.15) is 5.56 Å². The lowest BCUT2D eigenvalue weighted by atomic mass is 10.2. The van der Waals surface area contributed by atoms with Crippen molar-refractivity contribution in [3.8, 4) is 0 Å². The second kappa shape index (κ2) is 3.41. The van der Waals surface area contributed by atoms with Crippen molar-refractivity contribution < 1.29 is 0 Å². The molecule has 0 unspecified atom stereocenters. The molecule has 0 spiro atoms. The molecule has 2 rings (SSSR count). The van der Waals surface area contributed by atoms with Gasteiger partial charge in [0.05, 0.1) is 5.88 Å². The molecule has 1 aliphatic heterocycles. The minimum Gasteiger partial charge on any atom is -0.231 e. The SMILES string of the molecule is SN1CSC(c2ccccc2)=N1. The highest BCUT2D eigenvalue weighted by atomic mass is 32.2. The normalized spacial score (nSPS) is 16.4. The van der Waals surface area contributed by atoms with E-state index in [1.807, 2.05) is 18.2 Å². The highest BCUT2D eigenvalue weighted by molar-refractivity contribution is 8.14. The Kier molecular flexibility index (Phi) is 2.28. The molecule has 1 heterocycles. The van der Waals surface area contributed by atoms with Crippen molar-refractivity contribution in [3.05, 3.63) is 35.9 Å². The monoisotopic (exact) mass is 196 g/mol. The number of hydrazone groups is 1. The summed E-state index contributed by atoms with van der Waals surface area (Å²) in [5.41, 5.74) is 1.17. The van der Waals surface area contributed by atoms with Gasteiger partial charge in [0.1, 0.15) is 5.04 Å². The van der Waals surface area contributed by atoms with Crippen LogP contribution in [0.25, 0.3) is 0 Å². The van der Waals surface area contributed by atoms with Crippen LogP contribution in [-0.2, 0) is 0 Å². The van der Waals surface area contributed by atoms with Gasteiger partial charge in [-0.1, -0.05) is 42.1 Å². The van der Waals surface area contributed by atoms with Crippen molar-refractivity contribution in [1.29, 1.82) is 0 Å². The number of hydrogen-bond acceptors (Lipinski definition) is 4. The lowest BCUT2D eigenvalue weighted by Gasteiger charge is -1.97. The molecule has 12 heavy (non-hydrogen) atoms. The molecule has 0 atom stereocenters. The van der Waals surface area contributed by atoms with Crippen LogP contribution in [0.5, 0.6) is 0 Å². The molecular weight excluding hydrogens is 188 g/mol. The molecule has 0 radical (unpaired) electrons. The fourth-order valence-electron chi connectivity index (χ4n) is 1.00. The zero-order valence-electron chi connectivity index (χ0n) is 6.34. The van der Waals surface area contributed by atoms with Gasteiger partial charge in [-0.3, -0.25) is 0 Å². The molecular formula is C8H8N2S2. The van der Waals surface area contributed by atoms with E-state index in [1.54, 1.807) is 16.2 Å². The number of rotatable bonds is 1. The Hall–Kier alpha value is -0.610. The molecule has 0 saturated carbocycles. The van der Waals surface area contributed by atoms with Crippen LogP contribution < -0.4 is 0 Å². The van der Waals surface area contributed by atoms with Crippen LogP contribution in [0.4, 0.5) is 0 Å². The minimum absolute atomic E-state index is 0.827. The Labute approximate surface area is 81.2 Å². The zero-order valence-corrected chi connectivity index (χ0v) is 8.05. The van der Waals surface area contributed by atoms with Gasteiger partial charge in [0.25, 0.3) is 0 Å². The van der Waals surface area contributed by atoms with Gasteiger partial charge in [-0.05, 0) is 12.8 Å². The molecule has 1 aromatic rings. The number of thioether (sulfide) groups is 1. The molecule has 0 N–H and O–H groups in total. The Morgan fingerprint density at radius 1 is 1.33 bits per heavy atom. The molecule has 62 valence electrons. The van der Waals surface area contributed by atoms with Gasteiger partial charge in [0, 0.05) is 5.56 Å². The number of benzene rings is 1. The highest BCUT2D eigenvalue weighted by Gasteiger charge is 2.13. The van der Waals surface area contributed by atoms with E-state index < -0.39 is 0 Å². The van der Waals surface area contributed by atoms with Crippen molar-refractivity contribution >= 4 is 29.6 Å². The quantitative estimate of drug-likeness (QED) is 0.693. The summed E-state index contributed by atoms with van der Waals surface area (Å²) in [5, 5.41) is 5.28. The second-order valence-electron chi connectivity index (χ2n) is 2.42. The average molecular weight is 196 g/mol.